The van der Waals surface area contributed by atoms with E-state index in [0.717, 1.165) is 32.5 Å². The number of hydrogen-bond acceptors (Lipinski definition) is 3. The van der Waals surface area contributed by atoms with Gasteiger partial charge >= 0.3 is 0 Å². The highest BCUT2D eigenvalue weighted by Gasteiger charge is 2.31. The van der Waals surface area contributed by atoms with Crippen LogP contribution in [0.4, 0.5) is 0 Å². The summed E-state index contributed by atoms with van der Waals surface area (Å²) in [6.07, 6.45) is 2.24. The first-order chi connectivity index (χ1) is 10.5. The summed E-state index contributed by atoms with van der Waals surface area (Å²) in [5.74, 6) is 1.49. The van der Waals surface area contributed by atoms with Crippen molar-refractivity contribution in [2.45, 2.75) is 46.6 Å². The van der Waals surface area contributed by atoms with Crippen molar-refractivity contribution >= 4 is 17.2 Å². The van der Waals surface area contributed by atoms with Crippen LogP contribution in [0.25, 0.3) is 0 Å². The monoisotopic (exact) mass is 322 g/mol. The topological polar surface area (TPSA) is 23.6 Å². The van der Waals surface area contributed by atoms with Crippen molar-refractivity contribution in [3.8, 4) is 0 Å². The predicted molar refractivity (Wildman–Crippen MR) is 94.1 cm³/mol. The maximum atomic E-state index is 12.8. The summed E-state index contributed by atoms with van der Waals surface area (Å²) in [6.45, 7) is 12.4. The van der Waals surface area contributed by atoms with Crippen LogP contribution in [0.2, 0.25) is 0 Å². The van der Waals surface area contributed by atoms with Crippen molar-refractivity contribution in [3.05, 3.63) is 22.4 Å². The molecule has 22 heavy (non-hydrogen) atoms. The molecule has 4 heteroatoms. The van der Waals surface area contributed by atoms with Crippen LogP contribution in [-0.2, 0) is 4.79 Å². The van der Waals surface area contributed by atoms with Crippen molar-refractivity contribution < 1.29 is 4.79 Å². The third-order valence-electron chi connectivity index (χ3n) is 4.05. The molecule has 1 amide bonds. The smallest absolute Gasteiger partial charge is 0.237 e. The quantitative estimate of drug-likeness (QED) is 0.757. The summed E-state index contributed by atoms with van der Waals surface area (Å²) in [5.41, 5.74) is 0. The Kier molecular flexibility index (Phi) is 6.45. The average Bonchev–Trinajstić information content (AvgIpc) is 3.08. The minimum atomic E-state index is 0.303. The molecule has 0 aliphatic carbocycles. The first-order valence-electron chi connectivity index (χ1n) is 8.52. The number of hydrogen-bond donors (Lipinski definition) is 0. The summed E-state index contributed by atoms with van der Waals surface area (Å²) in [4.78, 5) is 18.6. The molecule has 0 radical (unpaired) electrons. The third kappa shape index (κ3) is 4.82. The summed E-state index contributed by atoms with van der Waals surface area (Å²) in [6, 6.07) is 4.57. The van der Waals surface area contributed by atoms with Gasteiger partial charge in [-0.3, -0.25) is 9.69 Å². The van der Waals surface area contributed by atoms with Gasteiger partial charge < -0.3 is 4.90 Å². The van der Waals surface area contributed by atoms with Gasteiger partial charge in [-0.1, -0.05) is 33.8 Å². The van der Waals surface area contributed by atoms with Gasteiger partial charge in [-0.05, 0) is 36.1 Å². The van der Waals surface area contributed by atoms with E-state index >= 15 is 0 Å². The van der Waals surface area contributed by atoms with E-state index in [1.165, 1.54) is 4.88 Å². The average molecular weight is 323 g/mol. The van der Waals surface area contributed by atoms with E-state index in [1.54, 1.807) is 11.3 Å². The van der Waals surface area contributed by atoms with Crippen molar-refractivity contribution in [3.63, 3.8) is 0 Å². The number of thiophene rings is 1. The Balaban J connectivity index is 1.99. The predicted octanol–water partition coefficient (Wildman–Crippen LogP) is 4.03. The standard InChI is InChI=1S/C18H30N2OS/c1-14(2)11-19(12-15(3)4)13-18(21)20-9-5-7-16(20)17-8-6-10-22-17/h6,8,10,14-16H,5,7,9,11-13H2,1-4H3. The van der Waals surface area contributed by atoms with Gasteiger partial charge in [-0.2, -0.15) is 0 Å². The highest BCUT2D eigenvalue weighted by molar-refractivity contribution is 7.10. The summed E-state index contributed by atoms with van der Waals surface area (Å²) in [7, 11) is 0. The molecule has 1 aliphatic heterocycles. The van der Waals surface area contributed by atoms with Crippen LogP contribution in [0.3, 0.4) is 0 Å². The Morgan fingerprint density at radius 3 is 2.55 bits per heavy atom. The lowest BCUT2D eigenvalue weighted by atomic mass is 10.1. The SMILES string of the molecule is CC(C)CN(CC(=O)N1CCCC1c1cccs1)CC(C)C. The largest absolute Gasteiger partial charge is 0.334 e. The Hall–Kier alpha value is -0.870. The minimum absolute atomic E-state index is 0.303. The molecule has 1 saturated heterocycles. The molecular weight excluding hydrogens is 292 g/mol. The van der Waals surface area contributed by atoms with Crippen LogP contribution in [0.15, 0.2) is 17.5 Å². The van der Waals surface area contributed by atoms with Crippen molar-refractivity contribution in [2.75, 3.05) is 26.2 Å². The third-order valence-corrected chi connectivity index (χ3v) is 5.02. The molecule has 1 aromatic heterocycles. The zero-order valence-corrected chi connectivity index (χ0v) is 15.2. The van der Waals surface area contributed by atoms with Gasteiger partial charge in [0.15, 0.2) is 0 Å². The summed E-state index contributed by atoms with van der Waals surface area (Å²) in [5, 5.41) is 2.11. The van der Waals surface area contributed by atoms with Gasteiger partial charge in [0.1, 0.15) is 0 Å². The molecule has 0 N–H and O–H groups in total. The fraction of sp³-hybridized carbons (Fsp3) is 0.722. The van der Waals surface area contributed by atoms with E-state index in [0.29, 0.717) is 30.3 Å². The molecule has 0 spiro atoms. The Morgan fingerprint density at radius 2 is 2.00 bits per heavy atom. The lowest BCUT2D eigenvalue weighted by Crippen LogP contribution is -2.42. The highest BCUT2D eigenvalue weighted by atomic mass is 32.1. The van der Waals surface area contributed by atoms with Crippen LogP contribution in [0.1, 0.15) is 51.5 Å². The molecule has 2 heterocycles. The molecule has 1 aromatic rings. The number of carbonyl (C=O) groups is 1. The van der Waals surface area contributed by atoms with E-state index in [-0.39, 0.29) is 0 Å². The van der Waals surface area contributed by atoms with Gasteiger partial charge in [0, 0.05) is 24.5 Å². The molecular formula is C18H30N2OS. The molecule has 0 bridgehead atoms. The van der Waals surface area contributed by atoms with Crippen LogP contribution < -0.4 is 0 Å². The second-order valence-corrected chi connectivity index (χ2v) is 8.22. The fourth-order valence-corrected chi connectivity index (χ4v) is 4.23. The van der Waals surface area contributed by atoms with Gasteiger partial charge in [-0.15, -0.1) is 11.3 Å². The molecule has 1 fully saturated rings. The van der Waals surface area contributed by atoms with Gasteiger partial charge in [-0.25, -0.2) is 0 Å². The van der Waals surface area contributed by atoms with E-state index in [9.17, 15) is 4.79 Å². The van der Waals surface area contributed by atoms with Crippen LogP contribution in [-0.4, -0.2) is 41.9 Å². The molecule has 3 nitrogen and oxygen atoms in total. The molecule has 2 rings (SSSR count). The second-order valence-electron chi connectivity index (χ2n) is 7.24. The molecule has 1 unspecified atom stereocenters. The number of nitrogens with zero attached hydrogens (tertiary/aromatic N) is 2. The van der Waals surface area contributed by atoms with Crippen molar-refractivity contribution in [1.29, 1.82) is 0 Å². The Labute approximate surface area is 139 Å². The number of carbonyl (C=O) groups excluding carboxylic acids is 1. The lowest BCUT2D eigenvalue weighted by molar-refractivity contribution is -0.133. The van der Waals surface area contributed by atoms with Gasteiger partial charge in [0.05, 0.1) is 12.6 Å². The van der Waals surface area contributed by atoms with E-state index in [1.807, 2.05) is 0 Å². The van der Waals surface area contributed by atoms with Crippen LogP contribution in [0, 0.1) is 11.8 Å². The summed E-state index contributed by atoms with van der Waals surface area (Å²) >= 11 is 1.77. The molecule has 124 valence electrons. The number of amides is 1. The summed E-state index contributed by atoms with van der Waals surface area (Å²) < 4.78 is 0. The zero-order chi connectivity index (χ0) is 16.1. The Morgan fingerprint density at radius 1 is 1.32 bits per heavy atom. The Bertz CT molecular complexity index is 446. The second kappa shape index (κ2) is 8.11. The van der Waals surface area contributed by atoms with Crippen molar-refractivity contribution in [2.24, 2.45) is 11.8 Å². The van der Waals surface area contributed by atoms with Crippen LogP contribution >= 0.6 is 11.3 Å². The fourth-order valence-electron chi connectivity index (χ4n) is 3.36. The number of likely N-dealkylation sites (tertiary alicyclic amines) is 1. The maximum absolute atomic E-state index is 12.8. The highest BCUT2D eigenvalue weighted by Crippen LogP contribution is 2.34. The molecule has 0 aromatic carbocycles. The molecule has 1 aliphatic rings. The minimum Gasteiger partial charge on any atom is -0.334 e. The molecule has 1 atom stereocenters. The van der Waals surface area contributed by atoms with Crippen LogP contribution in [0.5, 0.6) is 0 Å². The normalized spacial score (nSPS) is 18.9. The molecule has 0 saturated carbocycles. The van der Waals surface area contributed by atoms with Crippen molar-refractivity contribution in [1.82, 2.24) is 9.80 Å². The van der Waals surface area contributed by atoms with E-state index in [4.69, 9.17) is 0 Å². The number of rotatable bonds is 7. The lowest BCUT2D eigenvalue weighted by Gasteiger charge is -2.30. The van der Waals surface area contributed by atoms with Gasteiger partial charge in [0.2, 0.25) is 5.91 Å². The van der Waals surface area contributed by atoms with E-state index in [2.05, 4.69) is 55.0 Å². The first kappa shape index (κ1) is 17.5. The van der Waals surface area contributed by atoms with Gasteiger partial charge in [0.25, 0.3) is 0 Å². The first-order valence-corrected chi connectivity index (χ1v) is 9.40. The van der Waals surface area contributed by atoms with E-state index < -0.39 is 0 Å². The zero-order valence-electron chi connectivity index (χ0n) is 14.4. The maximum Gasteiger partial charge on any atom is 0.237 e.